The van der Waals surface area contributed by atoms with Crippen molar-refractivity contribution in [3.63, 3.8) is 0 Å². The van der Waals surface area contributed by atoms with Crippen molar-refractivity contribution in [1.82, 2.24) is 19.7 Å². The average molecular weight is 335 g/mol. The van der Waals surface area contributed by atoms with Crippen LogP contribution in [-0.4, -0.2) is 25.7 Å². The van der Waals surface area contributed by atoms with Crippen LogP contribution in [-0.2, 0) is 11.3 Å². The Morgan fingerprint density at radius 1 is 1.08 bits per heavy atom. The van der Waals surface area contributed by atoms with Gasteiger partial charge in [-0.05, 0) is 18.6 Å². The predicted octanol–water partition coefficient (Wildman–Crippen LogP) is 2.02. The fourth-order valence-electron chi connectivity index (χ4n) is 2.26. The first-order valence-electron chi connectivity index (χ1n) is 7.75. The first-order chi connectivity index (χ1) is 12.0. The number of aryl methyl sites for hydroxylation is 1. The van der Waals surface area contributed by atoms with Gasteiger partial charge in [0.1, 0.15) is 0 Å². The molecular formula is C18H17N5O2. The first-order valence-corrected chi connectivity index (χ1v) is 7.75. The summed E-state index contributed by atoms with van der Waals surface area (Å²) in [6.45, 7) is 3.79. The third kappa shape index (κ3) is 4.14. The molecule has 2 heterocycles. The van der Waals surface area contributed by atoms with E-state index in [0.717, 1.165) is 11.1 Å². The molecule has 25 heavy (non-hydrogen) atoms. The number of nitrogens with zero attached hydrogens (tertiary/aromatic N) is 4. The minimum atomic E-state index is -0.238. The number of nitrogens with one attached hydrogen (secondary N) is 1. The number of carbonyl (C=O) groups excluding carboxylic acids is 1. The highest BCUT2D eigenvalue weighted by Crippen LogP contribution is 2.14. The fourth-order valence-corrected chi connectivity index (χ4v) is 2.26. The van der Waals surface area contributed by atoms with Crippen LogP contribution in [0, 0.1) is 6.92 Å². The maximum atomic E-state index is 12.1. The van der Waals surface area contributed by atoms with E-state index in [1.54, 1.807) is 18.5 Å². The maximum absolute atomic E-state index is 12.1. The highest BCUT2D eigenvalue weighted by atomic mass is 16.1. The van der Waals surface area contributed by atoms with Crippen LogP contribution in [0.1, 0.15) is 18.1 Å². The van der Waals surface area contributed by atoms with Gasteiger partial charge in [0.15, 0.2) is 0 Å². The van der Waals surface area contributed by atoms with Gasteiger partial charge in [0, 0.05) is 30.9 Å². The quantitative estimate of drug-likeness (QED) is 0.788. The molecule has 0 saturated heterocycles. The normalized spacial score (nSPS) is 10.5. The molecular weight excluding hydrogens is 318 g/mol. The summed E-state index contributed by atoms with van der Waals surface area (Å²) in [4.78, 5) is 31.2. The number of rotatable bonds is 4. The van der Waals surface area contributed by atoms with Gasteiger partial charge in [0.05, 0.1) is 12.2 Å². The molecule has 0 spiro atoms. The van der Waals surface area contributed by atoms with E-state index in [2.05, 4.69) is 20.4 Å². The van der Waals surface area contributed by atoms with Gasteiger partial charge in [0.2, 0.25) is 11.9 Å². The Labute approximate surface area is 144 Å². The monoisotopic (exact) mass is 335 g/mol. The standard InChI is InChI=1S/C18H17N5O2/c1-12-3-5-14(6-4-12)11-23-17(25)8-7-16(22-23)15-9-19-18(20-10-15)21-13(2)24/h3-10H,11H2,1-2H3,(H,19,20,21,24). The summed E-state index contributed by atoms with van der Waals surface area (Å²) in [6, 6.07) is 11.0. The Balaban J connectivity index is 1.87. The number of hydrogen-bond donors (Lipinski definition) is 1. The van der Waals surface area contributed by atoms with Crippen LogP contribution in [0.25, 0.3) is 11.3 Å². The zero-order valence-corrected chi connectivity index (χ0v) is 13.9. The molecule has 3 aromatic rings. The van der Waals surface area contributed by atoms with Crippen LogP contribution in [0.2, 0.25) is 0 Å². The van der Waals surface area contributed by atoms with Crippen molar-refractivity contribution in [2.45, 2.75) is 20.4 Å². The molecule has 7 nitrogen and oxygen atoms in total. The molecule has 0 atom stereocenters. The van der Waals surface area contributed by atoms with Gasteiger partial charge in [-0.25, -0.2) is 14.6 Å². The zero-order valence-electron chi connectivity index (χ0n) is 13.9. The van der Waals surface area contributed by atoms with E-state index in [9.17, 15) is 9.59 Å². The highest BCUT2D eigenvalue weighted by Gasteiger charge is 2.06. The SMILES string of the molecule is CC(=O)Nc1ncc(-c2ccc(=O)n(Cc3ccc(C)cc3)n2)cn1. The Morgan fingerprint density at radius 3 is 2.40 bits per heavy atom. The van der Waals surface area contributed by atoms with E-state index in [1.807, 2.05) is 31.2 Å². The second-order valence-corrected chi connectivity index (χ2v) is 5.68. The Kier molecular flexibility index (Phi) is 4.65. The van der Waals surface area contributed by atoms with Crippen molar-refractivity contribution in [2.24, 2.45) is 0 Å². The van der Waals surface area contributed by atoms with Crippen molar-refractivity contribution >= 4 is 11.9 Å². The predicted molar refractivity (Wildman–Crippen MR) is 94.1 cm³/mol. The summed E-state index contributed by atoms with van der Waals surface area (Å²) >= 11 is 0. The molecule has 0 aliphatic carbocycles. The summed E-state index contributed by atoms with van der Waals surface area (Å²) in [6.07, 6.45) is 3.11. The second-order valence-electron chi connectivity index (χ2n) is 5.68. The van der Waals surface area contributed by atoms with Gasteiger partial charge < -0.3 is 0 Å². The van der Waals surface area contributed by atoms with Crippen LogP contribution in [0.4, 0.5) is 5.95 Å². The molecule has 0 unspecified atom stereocenters. The highest BCUT2D eigenvalue weighted by molar-refractivity contribution is 5.86. The second kappa shape index (κ2) is 7.04. The molecule has 7 heteroatoms. The lowest BCUT2D eigenvalue weighted by Gasteiger charge is -2.08. The fraction of sp³-hybridized carbons (Fsp3) is 0.167. The van der Waals surface area contributed by atoms with E-state index < -0.39 is 0 Å². The lowest BCUT2D eigenvalue weighted by molar-refractivity contribution is -0.114. The summed E-state index contributed by atoms with van der Waals surface area (Å²) in [5.74, 6) is -0.0123. The minimum Gasteiger partial charge on any atom is -0.295 e. The summed E-state index contributed by atoms with van der Waals surface area (Å²) in [5, 5.41) is 6.89. The van der Waals surface area contributed by atoms with E-state index >= 15 is 0 Å². The third-order valence-corrected chi connectivity index (χ3v) is 3.56. The lowest BCUT2D eigenvalue weighted by Crippen LogP contribution is -2.22. The molecule has 0 fully saturated rings. The van der Waals surface area contributed by atoms with Gasteiger partial charge in [-0.3, -0.25) is 14.9 Å². The molecule has 126 valence electrons. The van der Waals surface area contributed by atoms with Gasteiger partial charge in [0.25, 0.3) is 5.56 Å². The summed E-state index contributed by atoms with van der Waals surface area (Å²) < 4.78 is 1.40. The summed E-state index contributed by atoms with van der Waals surface area (Å²) in [7, 11) is 0. The molecule has 1 aromatic carbocycles. The molecule has 3 rings (SSSR count). The Hall–Kier alpha value is -3.35. The number of benzene rings is 1. The van der Waals surface area contributed by atoms with Gasteiger partial charge in [-0.15, -0.1) is 0 Å². The van der Waals surface area contributed by atoms with Crippen LogP contribution >= 0.6 is 0 Å². The van der Waals surface area contributed by atoms with Crippen molar-refractivity contribution < 1.29 is 4.79 Å². The number of hydrogen-bond acceptors (Lipinski definition) is 5. The van der Waals surface area contributed by atoms with Crippen molar-refractivity contribution in [2.75, 3.05) is 5.32 Å². The molecule has 2 aromatic heterocycles. The van der Waals surface area contributed by atoms with E-state index in [0.29, 0.717) is 17.8 Å². The Bertz CT molecular complexity index is 946. The van der Waals surface area contributed by atoms with Gasteiger partial charge >= 0.3 is 0 Å². The molecule has 0 bridgehead atoms. The molecule has 0 aliphatic heterocycles. The summed E-state index contributed by atoms with van der Waals surface area (Å²) in [5.41, 5.74) is 3.22. The number of aromatic nitrogens is 4. The van der Waals surface area contributed by atoms with Crippen LogP contribution in [0.5, 0.6) is 0 Å². The molecule has 0 aliphatic rings. The van der Waals surface area contributed by atoms with Crippen LogP contribution in [0.3, 0.4) is 0 Å². The van der Waals surface area contributed by atoms with Crippen molar-refractivity contribution in [1.29, 1.82) is 0 Å². The Morgan fingerprint density at radius 2 is 1.76 bits per heavy atom. The molecule has 1 N–H and O–H groups in total. The van der Waals surface area contributed by atoms with Gasteiger partial charge in [-0.1, -0.05) is 29.8 Å². The minimum absolute atomic E-state index is 0.180. The van der Waals surface area contributed by atoms with E-state index in [1.165, 1.54) is 17.7 Å². The molecule has 0 radical (unpaired) electrons. The van der Waals surface area contributed by atoms with Crippen molar-refractivity contribution in [3.8, 4) is 11.3 Å². The first kappa shape index (κ1) is 16.5. The largest absolute Gasteiger partial charge is 0.295 e. The third-order valence-electron chi connectivity index (χ3n) is 3.56. The van der Waals surface area contributed by atoms with Gasteiger partial charge in [-0.2, -0.15) is 5.10 Å². The van der Waals surface area contributed by atoms with E-state index in [-0.39, 0.29) is 17.4 Å². The van der Waals surface area contributed by atoms with Crippen LogP contribution in [0.15, 0.2) is 53.6 Å². The van der Waals surface area contributed by atoms with E-state index in [4.69, 9.17) is 0 Å². The maximum Gasteiger partial charge on any atom is 0.267 e. The number of carbonyl (C=O) groups is 1. The topological polar surface area (TPSA) is 89.8 Å². The smallest absolute Gasteiger partial charge is 0.267 e. The average Bonchev–Trinajstić information content (AvgIpc) is 2.59. The van der Waals surface area contributed by atoms with Crippen molar-refractivity contribution in [3.05, 3.63) is 70.3 Å². The van der Waals surface area contributed by atoms with Crippen LogP contribution < -0.4 is 10.9 Å². The molecule has 0 saturated carbocycles. The number of anilines is 1. The zero-order chi connectivity index (χ0) is 17.8. The number of amides is 1. The lowest BCUT2D eigenvalue weighted by atomic mass is 10.1. The molecule has 1 amide bonds.